The Kier molecular flexibility index (Phi) is 5.86. The molecule has 1 saturated carbocycles. The third-order valence-corrected chi connectivity index (χ3v) is 5.03. The van der Waals surface area contributed by atoms with Crippen LogP contribution < -0.4 is 10.6 Å². The van der Waals surface area contributed by atoms with Gasteiger partial charge in [-0.2, -0.15) is 0 Å². The van der Waals surface area contributed by atoms with Gasteiger partial charge in [-0.15, -0.1) is 11.3 Å². The number of hydrogen-bond acceptors (Lipinski definition) is 3. The molecule has 0 aliphatic heterocycles. The third-order valence-electron chi connectivity index (χ3n) is 4.04. The van der Waals surface area contributed by atoms with Crippen molar-refractivity contribution in [1.29, 1.82) is 0 Å². The predicted octanol–water partition coefficient (Wildman–Crippen LogP) is 3.05. The highest BCUT2D eigenvalue weighted by atomic mass is 32.1. The lowest BCUT2D eigenvalue weighted by Crippen LogP contribution is -2.44. The molecule has 0 bridgehead atoms. The molecule has 0 saturated heterocycles. The number of amides is 2. The number of rotatable bonds is 5. The molecule has 1 aromatic heterocycles. The molecule has 3 N–H and O–H groups in total. The summed E-state index contributed by atoms with van der Waals surface area (Å²) in [6.07, 6.45) is 4.83. The van der Waals surface area contributed by atoms with Crippen molar-refractivity contribution in [2.24, 2.45) is 5.92 Å². The molecule has 1 aromatic rings. The van der Waals surface area contributed by atoms with Crippen LogP contribution in [0, 0.1) is 5.92 Å². The third kappa shape index (κ3) is 4.21. The van der Waals surface area contributed by atoms with E-state index in [0.717, 1.165) is 32.1 Å². The molecular formula is C15H24N2O2S. The minimum atomic E-state index is -0.0716. The van der Waals surface area contributed by atoms with Crippen LogP contribution in [-0.4, -0.2) is 23.8 Å². The quantitative estimate of drug-likeness (QED) is 0.782. The molecule has 1 atom stereocenters. The molecule has 20 heavy (non-hydrogen) atoms. The monoisotopic (exact) mass is 296 g/mol. The first kappa shape index (κ1) is 15.3. The molecule has 1 aliphatic rings. The number of nitrogens with one attached hydrogen (secondary N) is 2. The van der Waals surface area contributed by atoms with E-state index in [1.54, 1.807) is 11.3 Å². The van der Waals surface area contributed by atoms with Gasteiger partial charge in [0.15, 0.2) is 0 Å². The number of urea groups is 1. The maximum atomic E-state index is 12.1. The summed E-state index contributed by atoms with van der Waals surface area (Å²) in [5.74, 6) is 0.422. The van der Waals surface area contributed by atoms with Crippen molar-refractivity contribution in [3.05, 3.63) is 22.4 Å². The maximum absolute atomic E-state index is 12.1. The van der Waals surface area contributed by atoms with Gasteiger partial charge in [-0.25, -0.2) is 4.79 Å². The highest BCUT2D eigenvalue weighted by Crippen LogP contribution is 2.24. The Labute approximate surface area is 124 Å². The van der Waals surface area contributed by atoms with Crippen LogP contribution in [0.1, 0.15) is 49.9 Å². The van der Waals surface area contributed by atoms with E-state index in [2.05, 4.69) is 23.6 Å². The normalized spacial score (nSPS) is 24.1. The molecular weight excluding hydrogens is 272 g/mol. The van der Waals surface area contributed by atoms with E-state index >= 15 is 0 Å². The first-order valence-electron chi connectivity index (χ1n) is 7.44. The number of aliphatic hydroxyl groups is 1. The summed E-state index contributed by atoms with van der Waals surface area (Å²) in [6, 6.07) is 4.35. The van der Waals surface area contributed by atoms with Crippen molar-refractivity contribution in [3.8, 4) is 0 Å². The maximum Gasteiger partial charge on any atom is 0.315 e. The topological polar surface area (TPSA) is 61.4 Å². The smallest absolute Gasteiger partial charge is 0.315 e. The van der Waals surface area contributed by atoms with Gasteiger partial charge in [0.25, 0.3) is 0 Å². The zero-order chi connectivity index (χ0) is 14.4. The van der Waals surface area contributed by atoms with Gasteiger partial charge in [0.1, 0.15) is 0 Å². The second-order valence-electron chi connectivity index (χ2n) is 5.49. The van der Waals surface area contributed by atoms with Gasteiger partial charge in [-0.3, -0.25) is 0 Å². The van der Waals surface area contributed by atoms with Gasteiger partial charge >= 0.3 is 6.03 Å². The molecule has 0 aromatic carbocycles. The van der Waals surface area contributed by atoms with Gasteiger partial charge < -0.3 is 15.7 Å². The summed E-state index contributed by atoms with van der Waals surface area (Å²) in [5.41, 5.74) is 0. The summed E-state index contributed by atoms with van der Waals surface area (Å²) in [4.78, 5) is 13.3. The SMILES string of the molecule is CCC(NC(=O)NC1CCC(CO)CC1)c1cccs1. The van der Waals surface area contributed by atoms with E-state index in [1.165, 1.54) is 4.88 Å². The molecule has 112 valence electrons. The summed E-state index contributed by atoms with van der Waals surface area (Å²) >= 11 is 1.68. The number of carbonyl (C=O) groups is 1. The summed E-state index contributed by atoms with van der Waals surface area (Å²) in [7, 11) is 0. The first-order valence-corrected chi connectivity index (χ1v) is 8.32. The molecule has 2 amide bonds. The lowest BCUT2D eigenvalue weighted by Gasteiger charge is -2.28. The van der Waals surface area contributed by atoms with Crippen LogP contribution >= 0.6 is 11.3 Å². The largest absolute Gasteiger partial charge is 0.396 e. The fourth-order valence-electron chi connectivity index (χ4n) is 2.74. The van der Waals surface area contributed by atoms with Gasteiger partial charge in [0.2, 0.25) is 0 Å². The Morgan fingerprint density at radius 3 is 2.75 bits per heavy atom. The predicted molar refractivity (Wildman–Crippen MR) is 81.9 cm³/mol. The van der Waals surface area contributed by atoms with Crippen LogP contribution in [-0.2, 0) is 0 Å². The van der Waals surface area contributed by atoms with Crippen molar-refractivity contribution in [2.45, 2.75) is 51.1 Å². The van der Waals surface area contributed by atoms with Crippen LogP contribution in [0.3, 0.4) is 0 Å². The summed E-state index contributed by atoms with van der Waals surface area (Å²) < 4.78 is 0. The van der Waals surface area contributed by atoms with Crippen molar-refractivity contribution in [1.82, 2.24) is 10.6 Å². The lowest BCUT2D eigenvalue weighted by atomic mass is 9.87. The highest BCUT2D eigenvalue weighted by Gasteiger charge is 2.22. The van der Waals surface area contributed by atoms with E-state index in [-0.39, 0.29) is 24.7 Å². The van der Waals surface area contributed by atoms with Crippen LogP contribution in [0.25, 0.3) is 0 Å². The summed E-state index contributed by atoms with van der Waals surface area (Å²) in [5, 5.41) is 17.3. The Morgan fingerprint density at radius 2 is 2.20 bits per heavy atom. The number of aliphatic hydroxyl groups excluding tert-OH is 1. The van der Waals surface area contributed by atoms with E-state index in [4.69, 9.17) is 5.11 Å². The molecule has 0 radical (unpaired) electrons. The van der Waals surface area contributed by atoms with Gasteiger partial charge in [-0.05, 0) is 49.5 Å². The van der Waals surface area contributed by atoms with Crippen LogP contribution in [0.2, 0.25) is 0 Å². The van der Waals surface area contributed by atoms with Gasteiger partial charge in [0, 0.05) is 17.5 Å². The van der Waals surface area contributed by atoms with Crippen molar-refractivity contribution >= 4 is 17.4 Å². The number of hydrogen-bond donors (Lipinski definition) is 3. The Morgan fingerprint density at radius 1 is 1.45 bits per heavy atom. The summed E-state index contributed by atoms with van der Waals surface area (Å²) in [6.45, 7) is 2.35. The molecule has 1 heterocycles. The Hall–Kier alpha value is -1.07. The number of carbonyl (C=O) groups excluding carboxylic acids is 1. The fraction of sp³-hybridized carbons (Fsp3) is 0.667. The van der Waals surface area contributed by atoms with Crippen molar-refractivity contribution < 1.29 is 9.90 Å². The van der Waals surface area contributed by atoms with Crippen LogP contribution in [0.15, 0.2) is 17.5 Å². The standard InChI is InChI=1S/C15H24N2O2S/c1-2-13(14-4-3-9-20-14)17-15(19)16-12-7-5-11(10-18)6-8-12/h3-4,9,11-13,18H,2,5-8,10H2,1H3,(H2,16,17,19). The zero-order valence-corrected chi connectivity index (χ0v) is 12.8. The van der Waals surface area contributed by atoms with Crippen LogP contribution in [0.4, 0.5) is 4.79 Å². The second kappa shape index (κ2) is 7.64. The molecule has 0 spiro atoms. The Bertz CT molecular complexity index is 400. The minimum Gasteiger partial charge on any atom is -0.396 e. The van der Waals surface area contributed by atoms with Gasteiger partial charge in [0.05, 0.1) is 6.04 Å². The first-order chi connectivity index (χ1) is 9.72. The average Bonchev–Trinajstić information content (AvgIpc) is 2.99. The fourth-order valence-corrected chi connectivity index (χ4v) is 3.60. The molecule has 5 heteroatoms. The van der Waals surface area contributed by atoms with Crippen LogP contribution in [0.5, 0.6) is 0 Å². The molecule has 1 aliphatic carbocycles. The molecule has 4 nitrogen and oxygen atoms in total. The average molecular weight is 296 g/mol. The second-order valence-corrected chi connectivity index (χ2v) is 6.47. The van der Waals surface area contributed by atoms with E-state index in [0.29, 0.717) is 5.92 Å². The van der Waals surface area contributed by atoms with Crippen molar-refractivity contribution in [2.75, 3.05) is 6.61 Å². The number of thiophene rings is 1. The minimum absolute atomic E-state index is 0.0716. The molecule has 2 rings (SSSR count). The van der Waals surface area contributed by atoms with E-state index < -0.39 is 0 Å². The zero-order valence-electron chi connectivity index (χ0n) is 12.0. The lowest BCUT2D eigenvalue weighted by molar-refractivity contribution is 0.174. The molecule has 1 unspecified atom stereocenters. The van der Waals surface area contributed by atoms with Gasteiger partial charge in [-0.1, -0.05) is 13.0 Å². The van der Waals surface area contributed by atoms with E-state index in [1.807, 2.05) is 11.4 Å². The Balaban J connectivity index is 1.77. The highest BCUT2D eigenvalue weighted by molar-refractivity contribution is 7.10. The molecule has 1 fully saturated rings. The van der Waals surface area contributed by atoms with Crippen molar-refractivity contribution in [3.63, 3.8) is 0 Å². The van der Waals surface area contributed by atoms with E-state index in [9.17, 15) is 4.79 Å².